The summed E-state index contributed by atoms with van der Waals surface area (Å²) in [4.78, 5) is 25.3. The summed E-state index contributed by atoms with van der Waals surface area (Å²) in [6.07, 6.45) is 5.32. The third-order valence-corrected chi connectivity index (χ3v) is 3.57. The zero-order valence-corrected chi connectivity index (χ0v) is 13.3. The van der Waals surface area contributed by atoms with Gasteiger partial charge in [-0.25, -0.2) is 9.36 Å². The monoisotopic (exact) mass is 331 g/mol. The van der Waals surface area contributed by atoms with Gasteiger partial charge in [0, 0.05) is 25.3 Å². The van der Waals surface area contributed by atoms with Gasteiger partial charge in [-0.15, -0.1) is 0 Å². The number of imidazole rings is 1. The molecule has 22 heavy (non-hydrogen) atoms. The summed E-state index contributed by atoms with van der Waals surface area (Å²) >= 11 is 4.15. The summed E-state index contributed by atoms with van der Waals surface area (Å²) < 4.78 is 1.45. The van der Waals surface area contributed by atoms with E-state index in [1.54, 1.807) is 6.20 Å². The highest BCUT2D eigenvalue weighted by molar-refractivity contribution is 7.80. The molecule has 1 aromatic heterocycles. The van der Waals surface area contributed by atoms with Gasteiger partial charge in [-0.2, -0.15) is 12.6 Å². The molecule has 0 aliphatic heterocycles. The number of urea groups is 1. The molecule has 0 spiro atoms. The number of nitrogens with one attached hydrogen (secondary N) is 2. The Hall–Kier alpha value is -1.81. The molecule has 1 aromatic rings. The van der Waals surface area contributed by atoms with Gasteiger partial charge < -0.3 is 26.5 Å². The molecule has 0 fully saturated rings. The Balaban J connectivity index is 2.10. The number of rotatable bonds is 10. The molecule has 0 aromatic carbocycles. The predicted octanol–water partition coefficient (Wildman–Crippen LogP) is -0.199. The number of amides is 2. The maximum Gasteiger partial charge on any atom is 0.434 e. The van der Waals surface area contributed by atoms with E-state index in [0.717, 1.165) is 18.6 Å². The van der Waals surface area contributed by atoms with Crippen molar-refractivity contribution in [1.82, 2.24) is 20.2 Å². The van der Waals surface area contributed by atoms with Crippen molar-refractivity contribution in [1.29, 1.82) is 0 Å². The van der Waals surface area contributed by atoms with E-state index in [1.807, 2.05) is 0 Å². The van der Waals surface area contributed by atoms with Crippen molar-refractivity contribution >= 4 is 24.6 Å². The van der Waals surface area contributed by atoms with Gasteiger partial charge in [0.1, 0.15) is 12.4 Å². The molecule has 1 atom stereocenters. The van der Waals surface area contributed by atoms with Gasteiger partial charge >= 0.3 is 12.0 Å². The van der Waals surface area contributed by atoms with Gasteiger partial charge in [0.05, 0.1) is 12.6 Å². The van der Waals surface area contributed by atoms with Crippen LogP contribution >= 0.6 is 12.6 Å². The minimum absolute atomic E-state index is 0.184. The van der Waals surface area contributed by atoms with Crippen LogP contribution in [0.25, 0.3) is 0 Å². The molecule has 0 saturated heterocycles. The Bertz CT molecular complexity index is 481. The first-order chi connectivity index (χ1) is 10.5. The zero-order chi connectivity index (χ0) is 16.4. The second-order valence-electron chi connectivity index (χ2n) is 4.90. The fraction of sp³-hybridized carbons (Fsp3) is 0.667. The third kappa shape index (κ3) is 6.76. The third-order valence-electron chi connectivity index (χ3n) is 3.05. The van der Waals surface area contributed by atoms with Gasteiger partial charge in [0.25, 0.3) is 0 Å². The van der Waals surface area contributed by atoms with Gasteiger partial charge in [0.2, 0.25) is 0 Å². The minimum Gasteiger partial charge on any atom is -0.390 e. The topological polar surface area (TPSA) is 130 Å². The number of carbonyl (C=O) groups excluding carboxylic acids is 1. The smallest absolute Gasteiger partial charge is 0.390 e. The van der Waals surface area contributed by atoms with Gasteiger partial charge in [-0.1, -0.05) is 4.98 Å². The molecule has 9 nitrogen and oxygen atoms in total. The van der Waals surface area contributed by atoms with E-state index in [9.17, 15) is 14.9 Å². The average Bonchev–Trinajstić information content (AvgIpc) is 2.96. The van der Waals surface area contributed by atoms with Crippen LogP contribution in [0.3, 0.4) is 0 Å². The Labute approximate surface area is 134 Å². The molecule has 0 aliphatic carbocycles. The van der Waals surface area contributed by atoms with Crippen LogP contribution in [0.1, 0.15) is 19.3 Å². The number of aryl methyl sites for hydroxylation is 1. The van der Waals surface area contributed by atoms with E-state index < -0.39 is 4.92 Å². The second kappa shape index (κ2) is 10.0. The molecule has 0 saturated carbocycles. The summed E-state index contributed by atoms with van der Waals surface area (Å²) in [5, 5.41) is 16.1. The summed E-state index contributed by atoms with van der Waals surface area (Å²) in [6.45, 7) is 1.47. The van der Waals surface area contributed by atoms with Crippen molar-refractivity contribution in [2.75, 3.05) is 18.8 Å². The second-order valence-corrected chi connectivity index (χ2v) is 5.27. The predicted molar refractivity (Wildman–Crippen MR) is 84.7 cm³/mol. The lowest BCUT2D eigenvalue weighted by Gasteiger charge is -2.08. The molecule has 0 aliphatic rings. The Morgan fingerprint density at radius 3 is 2.77 bits per heavy atom. The highest BCUT2D eigenvalue weighted by Gasteiger charge is 2.13. The van der Waals surface area contributed by atoms with E-state index >= 15 is 0 Å². The van der Waals surface area contributed by atoms with Crippen LogP contribution in [0.4, 0.5) is 10.7 Å². The number of carbonyl (C=O) groups is 1. The molecule has 2 amide bonds. The van der Waals surface area contributed by atoms with Crippen molar-refractivity contribution in [3.05, 3.63) is 22.5 Å². The maximum absolute atomic E-state index is 11.5. The molecule has 124 valence electrons. The van der Waals surface area contributed by atoms with Crippen LogP contribution < -0.4 is 16.4 Å². The first kappa shape index (κ1) is 18.2. The standard InChI is InChI=1S/C12H22N6O3S/c13-10(9-22)3-1-4-14-11(19)15-5-2-7-17-8-6-16-12(17)18(20)21/h6,8,10,22H,1-5,7,9,13H2,(H2,14,15,19)/p+1. The number of hydrogen-bond donors (Lipinski definition) is 4. The first-order valence-electron chi connectivity index (χ1n) is 7.15. The van der Waals surface area contributed by atoms with E-state index in [1.165, 1.54) is 10.8 Å². The average molecular weight is 331 g/mol. The van der Waals surface area contributed by atoms with Crippen LogP contribution in [-0.4, -0.2) is 45.4 Å². The molecular formula is C12H23N6O3S+. The number of hydrogen-bond acceptors (Lipinski definition) is 5. The fourth-order valence-electron chi connectivity index (χ4n) is 1.85. The zero-order valence-electron chi connectivity index (χ0n) is 12.4. The summed E-state index contributed by atoms with van der Waals surface area (Å²) in [6, 6.07) is 0.0748. The van der Waals surface area contributed by atoms with Crippen molar-refractivity contribution in [3.8, 4) is 0 Å². The van der Waals surface area contributed by atoms with Crippen molar-refractivity contribution in [3.63, 3.8) is 0 Å². The largest absolute Gasteiger partial charge is 0.434 e. The van der Waals surface area contributed by atoms with E-state index in [-0.39, 0.29) is 12.0 Å². The SMILES string of the molecule is [NH3+]C(CS)CCCNC(=O)NCCCn1ccnc1[N+](=O)[O-]. The molecule has 0 bridgehead atoms. The van der Waals surface area contributed by atoms with Gasteiger partial charge in [0.15, 0.2) is 0 Å². The van der Waals surface area contributed by atoms with E-state index in [4.69, 9.17) is 0 Å². The van der Waals surface area contributed by atoms with Crippen molar-refractivity contribution in [2.24, 2.45) is 0 Å². The number of nitro groups is 1. The van der Waals surface area contributed by atoms with Crippen molar-refractivity contribution < 1.29 is 15.5 Å². The van der Waals surface area contributed by atoms with Crippen LogP contribution in [0.15, 0.2) is 12.4 Å². The lowest BCUT2D eigenvalue weighted by atomic mass is 10.2. The molecule has 0 radical (unpaired) electrons. The number of thiol groups is 1. The summed E-state index contributed by atoms with van der Waals surface area (Å²) in [7, 11) is 0. The fourth-order valence-corrected chi connectivity index (χ4v) is 2.03. The first-order valence-corrected chi connectivity index (χ1v) is 7.79. The molecule has 10 heteroatoms. The lowest BCUT2D eigenvalue weighted by molar-refractivity contribution is -0.413. The van der Waals surface area contributed by atoms with Crippen LogP contribution in [-0.2, 0) is 6.54 Å². The highest BCUT2D eigenvalue weighted by Crippen LogP contribution is 2.07. The normalized spacial score (nSPS) is 11.9. The van der Waals surface area contributed by atoms with E-state index in [2.05, 4.69) is 34.0 Å². The van der Waals surface area contributed by atoms with Gasteiger partial charge in [-0.3, -0.25) is 0 Å². The van der Waals surface area contributed by atoms with E-state index in [0.29, 0.717) is 32.1 Å². The van der Waals surface area contributed by atoms with Crippen LogP contribution in [0.5, 0.6) is 0 Å². The quantitative estimate of drug-likeness (QED) is 0.205. The molecule has 1 rings (SSSR count). The van der Waals surface area contributed by atoms with Crippen LogP contribution in [0.2, 0.25) is 0 Å². The highest BCUT2D eigenvalue weighted by atomic mass is 32.1. The Kier molecular flexibility index (Phi) is 8.30. The summed E-state index contributed by atoms with van der Waals surface area (Å²) in [5.41, 5.74) is 3.92. The Morgan fingerprint density at radius 2 is 2.14 bits per heavy atom. The van der Waals surface area contributed by atoms with Crippen molar-refractivity contribution in [2.45, 2.75) is 31.8 Å². The minimum atomic E-state index is -0.527. The Morgan fingerprint density at radius 1 is 1.45 bits per heavy atom. The number of quaternary nitrogens is 1. The van der Waals surface area contributed by atoms with Crippen LogP contribution in [0, 0.1) is 10.1 Å². The molecule has 1 unspecified atom stereocenters. The summed E-state index contributed by atoms with van der Waals surface area (Å²) in [5.74, 6) is 0.559. The number of aromatic nitrogens is 2. The molecule has 1 heterocycles. The lowest BCUT2D eigenvalue weighted by Crippen LogP contribution is -2.62. The molecular weight excluding hydrogens is 308 g/mol. The van der Waals surface area contributed by atoms with Gasteiger partial charge in [-0.05, 0) is 17.8 Å². The molecule has 5 N–H and O–H groups in total. The number of nitrogens with zero attached hydrogens (tertiary/aromatic N) is 3. The maximum atomic E-state index is 11.5.